The number of rotatable bonds is 3. The minimum atomic E-state index is -0.157. The van der Waals surface area contributed by atoms with E-state index in [1.807, 2.05) is 25.1 Å². The van der Waals surface area contributed by atoms with Gasteiger partial charge in [0.1, 0.15) is 0 Å². The molecular weight excluding hydrogens is 296 g/mol. The van der Waals surface area contributed by atoms with Crippen molar-refractivity contribution in [2.75, 3.05) is 19.8 Å². The quantitative estimate of drug-likeness (QED) is 0.886. The van der Waals surface area contributed by atoms with Gasteiger partial charge in [-0.25, -0.2) is 0 Å². The van der Waals surface area contributed by atoms with Crippen molar-refractivity contribution in [3.8, 4) is 11.5 Å². The molecule has 0 unspecified atom stereocenters. The fourth-order valence-corrected chi connectivity index (χ4v) is 2.82. The molecule has 2 heterocycles. The van der Waals surface area contributed by atoms with Crippen LogP contribution >= 0.6 is 0 Å². The second-order valence-corrected chi connectivity index (χ2v) is 6.03. The van der Waals surface area contributed by atoms with E-state index in [2.05, 4.69) is 10.6 Å². The van der Waals surface area contributed by atoms with Crippen LogP contribution in [0.25, 0.3) is 0 Å². The number of fused-ring (bicyclic) bond motifs is 1. The average molecular weight is 318 g/mol. The van der Waals surface area contributed by atoms with Crippen molar-refractivity contribution in [3.05, 3.63) is 23.8 Å². The molecule has 2 aliphatic heterocycles. The van der Waals surface area contributed by atoms with Crippen LogP contribution in [-0.2, 0) is 9.59 Å². The van der Waals surface area contributed by atoms with Gasteiger partial charge >= 0.3 is 0 Å². The Kier molecular flexibility index (Phi) is 4.69. The summed E-state index contributed by atoms with van der Waals surface area (Å²) in [6.45, 7) is 3.65. The first kappa shape index (κ1) is 15.6. The zero-order valence-electron chi connectivity index (χ0n) is 13.3. The van der Waals surface area contributed by atoms with Crippen LogP contribution < -0.4 is 20.1 Å². The normalized spacial score (nSPS) is 21.8. The van der Waals surface area contributed by atoms with E-state index in [1.54, 1.807) is 0 Å². The van der Waals surface area contributed by atoms with Crippen LogP contribution in [0.3, 0.4) is 0 Å². The Balaban J connectivity index is 1.63. The molecule has 0 bridgehead atoms. The zero-order valence-corrected chi connectivity index (χ0v) is 13.3. The van der Waals surface area contributed by atoms with E-state index in [0.717, 1.165) is 23.5 Å². The maximum absolute atomic E-state index is 12.3. The molecule has 124 valence electrons. The molecule has 3 rings (SSSR count). The van der Waals surface area contributed by atoms with Gasteiger partial charge in [-0.05, 0) is 31.0 Å². The Hall–Kier alpha value is -2.24. The summed E-state index contributed by atoms with van der Waals surface area (Å²) in [5, 5.41) is 5.75. The largest absolute Gasteiger partial charge is 0.490 e. The van der Waals surface area contributed by atoms with Crippen molar-refractivity contribution in [3.63, 3.8) is 0 Å². The first-order valence-corrected chi connectivity index (χ1v) is 8.10. The van der Waals surface area contributed by atoms with E-state index in [-0.39, 0.29) is 23.8 Å². The summed E-state index contributed by atoms with van der Waals surface area (Å²) in [5.41, 5.74) is 0.974. The summed E-state index contributed by atoms with van der Waals surface area (Å²) in [6, 6.07) is 5.63. The molecule has 1 fully saturated rings. The lowest BCUT2D eigenvalue weighted by molar-refractivity contribution is -0.129. The summed E-state index contributed by atoms with van der Waals surface area (Å²) < 4.78 is 11.3. The smallest absolute Gasteiger partial charge is 0.225 e. The monoisotopic (exact) mass is 318 g/mol. The van der Waals surface area contributed by atoms with Gasteiger partial charge in [-0.3, -0.25) is 9.59 Å². The predicted molar refractivity (Wildman–Crippen MR) is 84.3 cm³/mol. The molecule has 2 amide bonds. The maximum atomic E-state index is 12.3. The Morgan fingerprint density at radius 3 is 2.83 bits per heavy atom. The van der Waals surface area contributed by atoms with Crippen molar-refractivity contribution in [2.24, 2.45) is 5.92 Å². The van der Waals surface area contributed by atoms with Gasteiger partial charge in [0.15, 0.2) is 11.5 Å². The van der Waals surface area contributed by atoms with Gasteiger partial charge in [-0.1, -0.05) is 6.07 Å². The van der Waals surface area contributed by atoms with Crippen LogP contribution in [0.1, 0.15) is 37.8 Å². The fraction of sp³-hybridized carbons (Fsp3) is 0.529. The van der Waals surface area contributed by atoms with Crippen molar-refractivity contribution >= 4 is 11.8 Å². The molecule has 1 saturated heterocycles. The minimum Gasteiger partial charge on any atom is -0.490 e. The third-order valence-corrected chi connectivity index (χ3v) is 4.27. The second-order valence-electron chi connectivity index (χ2n) is 6.03. The van der Waals surface area contributed by atoms with E-state index < -0.39 is 0 Å². The van der Waals surface area contributed by atoms with Crippen molar-refractivity contribution < 1.29 is 19.1 Å². The summed E-state index contributed by atoms with van der Waals surface area (Å²) in [5.74, 6) is 1.32. The molecule has 6 nitrogen and oxygen atoms in total. The molecule has 6 heteroatoms. The molecule has 1 aromatic carbocycles. The molecule has 0 spiro atoms. The van der Waals surface area contributed by atoms with Crippen LogP contribution in [0.4, 0.5) is 0 Å². The Bertz CT molecular complexity index is 592. The third kappa shape index (κ3) is 3.75. The molecule has 0 aliphatic carbocycles. The van der Waals surface area contributed by atoms with Gasteiger partial charge in [0.25, 0.3) is 0 Å². The number of benzene rings is 1. The first-order chi connectivity index (χ1) is 11.1. The summed E-state index contributed by atoms with van der Waals surface area (Å²) in [6.07, 6.45) is 1.88. The Labute approximate surface area is 135 Å². The number of carbonyl (C=O) groups excluding carboxylic acids is 2. The lowest BCUT2D eigenvalue weighted by Crippen LogP contribution is -2.43. The predicted octanol–water partition coefficient (Wildman–Crippen LogP) is 1.55. The van der Waals surface area contributed by atoms with Crippen LogP contribution in [0.15, 0.2) is 18.2 Å². The molecule has 1 aromatic rings. The number of hydrogen-bond acceptors (Lipinski definition) is 4. The average Bonchev–Trinajstić information content (AvgIpc) is 2.79. The molecule has 2 aliphatic rings. The lowest BCUT2D eigenvalue weighted by atomic mass is 9.97. The minimum absolute atomic E-state index is 0.0185. The summed E-state index contributed by atoms with van der Waals surface area (Å²) in [4.78, 5) is 23.5. The van der Waals surface area contributed by atoms with Crippen molar-refractivity contribution in [2.45, 2.75) is 32.2 Å². The second kappa shape index (κ2) is 6.89. The van der Waals surface area contributed by atoms with E-state index in [1.165, 1.54) is 0 Å². The van der Waals surface area contributed by atoms with Gasteiger partial charge in [0.2, 0.25) is 11.8 Å². The molecule has 23 heavy (non-hydrogen) atoms. The molecule has 2 atom stereocenters. The highest BCUT2D eigenvalue weighted by atomic mass is 16.5. The Morgan fingerprint density at radius 2 is 2.09 bits per heavy atom. The van der Waals surface area contributed by atoms with Crippen LogP contribution in [0.2, 0.25) is 0 Å². The molecule has 0 saturated carbocycles. The fourth-order valence-electron chi connectivity index (χ4n) is 2.82. The van der Waals surface area contributed by atoms with E-state index in [9.17, 15) is 9.59 Å². The Morgan fingerprint density at radius 1 is 1.30 bits per heavy atom. The van der Waals surface area contributed by atoms with Crippen LogP contribution in [0, 0.1) is 5.92 Å². The number of ether oxygens (including phenoxy) is 2. The van der Waals surface area contributed by atoms with Gasteiger partial charge in [0, 0.05) is 19.4 Å². The van der Waals surface area contributed by atoms with E-state index >= 15 is 0 Å². The highest BCUT2D eigenvalue weighted by molar-refractivity contribution is 5.83. The number of carbonyl (C=O) groups is 2. The number of amides is 2. The molecular formula is C17H22N2O4. The standard InChI is InChI=1S/C17H22N2O4/c1-11(19-17(21)13-4-6-16(20)18-10-13)12-3-5-14-15(9-12)23-8-2-7-22-14/h3,5,9,11,13H,2,4,6-8,10H2,1H3,(H,18,20)(H,19,21)/t11-,13-/m0/s1. The molecule has 2 N–H and O–H groups in total. The zero-order chi connectivity index (χ0) is 16.2. The molecule has 0 aromatic heterocycles. The van der Waals surface area contributed by atoms with Crippen LogP contribution in [-0.4, -0.2) is 31.6 Å². The van der Waals surface area contributed by atoms with Gasteiger partial charge in [-0.2, -0.15) is 0 Å². The summed E-state index contributed by atoms with van der Waals surface area (Å²) in [7, 11) is 0. The van der Waals surface area contributed by atoms with Crippen molar-refractivity contribution in [1.29, 1.82) is 0 Å². The SMILES string of the molecule is C[C@H](NC(=O)[C@H]1CCC(=O)NC1)c1ccc2c(c1)OCCCO2. The number of hydrogen-bond donors (Lipinski definition) is 2. The summed E-state index contributed by atoms with van der Waals surface area (Å²) >= 11 is 0. The number of piperidine rings is 1. The highest BCUT2D eigenvalue weighted by Crippen LogP contribution is 2.32. The maximum Gasteiger partial charge on any atom is 0.225 e. The van der Waals surface area contributed by atoms with Crippen LogP contribution in [0.5, 0.6) is 11.5 Å². The first-order valence-electron chi connectivity index (χ1n) is 8.10. The van der Waals surface area contributed by atoms with Gasteiger partial charge < -0.3 is 20.1 Å². The topological polar surface area (TPSA) is 76.7 Å². The van der Waals surface area contributed by atoms with Crippen molar-refractivity contribution in [1.82, 2.24) is 10.6 Å². The van der Waals surface area contributed by atoms with E-state index in [0.29, 0.717) is 32.6 Å². The highest BCUT2D eigenvalue weighted by Gasteiger charge is 2.25. The molecule has 0 radical (unpaired) electrons. The van der Waals surface area contributed by atoms with Gasteiger partial charge in [0.05, 0.1) is 25.2 Å². The number of nitrogens with one attached hydrogen (secondary N) is 2. The van der Waals surface area contributed by atoms with Gasteiger partial charge in [-0.15, -0.1) is 0 Å². The third-order valence-electron chi connectivity index (χ3n) is 4.27. The lowest BCUT2D eigenvalue weighted by Gasteiger charge is -2.24. The van der Waals surface area contributed by atoms with E-state index in [4.69, 9.17) is 9.47 Å².